The maximum Gasteiger partial charge on any atom is 0.345 e. The second kappa shape index (κ2) is 6.22. The van der Waals surface area contributed by atoms with Crippen molar-refractivity contribution in [3.05, 3.63) is 101 Å². The maximum atomic E-state index is 12.1. The first-order chi connectivity index (χ1) is 13.3. The number of rotatable bonds is 2. The number of hydrogen-bond acceptors (Lipinski definition) is 2. The molecule has 0 fully saturated rings. The highest BCUT2D eigenvalue weighted by Gasteiger charge is 2.10. The van der Waals surface area contributed by atoms with Crippen LogP contribution >= 0.6 is 0 Å². The number of nitrogens with one attached hydrogen (secondary N) is 1. The monoisotopic (exact) mass is 348 g/mol. The van der Waals surface area contributed by atoms with Gasteiger partial charge in [-0.2, -0.15) is 4.98 Å². The fourth-order valence-corrected chi connectivity index (χ4v) is 3.52. The number of benzene rings is 4. The van der Waals surface area contributed by atoms with Crippen molar-refractivity contribution in [1.82, 2.24) is 9.97 Å². The van der Waals surface area contributed by atoms with Crippen LogP contribution in [0.25, 0.3) is 44.1 Å². The third-order valence-corrected chi connectivity index (χ3v) is 4.86. The van der Waals surface area contributed by atoms with Crippen LogP contribution in [0.1, 0.15) is 0 Å². The molecule has 0 aliphatic heterocycles. The molecule has 0 amide bonds. The molecule has 0 saturated carbocycles. The van der Waals surface area contributed by atoms with Crippen LogP contribution < -0.4 is 5.69 Å². The smallest absolute Gasteiger partial charge is 0.305 e. The Morgan fingerprint density at radius 1 is 0.630 bits per heavy atom. The first-order valence-electron chi connectivity index (χ1n) is 8.87. The Labute approximate surface area is 156 Å². The number of hydrogen-bond donors (Lipinski definition) is 1. The molecule has 5 rings (SSSR count). The van der Waals surface area contributed by atoms with Crippen molar-refractivity contribution in [1.29, 1.82) is 0 Å². The second-order valence-corrected chi connectivity index (χ2v) is 6.58. The van der Waals surface area contributed by atoms with Gasteiger partial charge in [0.05, 0.1) is 11.2 Å². The summed E-state index contributed by atoms with van der Waals surface area (Å²) in [5.41, 5.74) is 4.33. The van der Waals surface area contributed by atoms with Crippen molar-refractivity contribution in [3.8, 4) is 22.4 Å². The summed E-state index contributed by atoms with van der Waals surface area (Å²) < 4.78 is 0. The van der Waals surface area contributed by atoms with E-state index in [1.807, 2.05) is 48.5 Å². The first-order valence-corrected chi connectivity index (χ1v) is 8.87. The lowest BCUT2D eigenvalue weighted by atomic mass is 9.99. The van der Waals surface area contributed by atoms with Crippen molar-refractivity contribution < 1.29 is 0 Å². The van der Waals surface area contributed by atoms with Crippen LogP contribution in [0.3, 0.4) is 0 Å². The van der Waals surface area contributed by atoms with E-state index in [-0.39, 0.29) is 5.69 Å². The zero-order valence-corrected chi connectivity index (χ0v) is 14.5. The van der Waals surface area contributed by atoms with Crippen molar-refractivity contribution >= 4 is 21.7 Å². The minimum Gasteiger partial charge on any atom is -0.305 e. The van der Waals surface area contributed by atoms with Crippen LogP contribution in [0, 0.1) is 0 Å². The molecule has 0 atom stereocenters. The van der Waals surface area contributed by atoms with Gasteiger partial charge in [-0.25, -0.2) is 4.79 Å². The molecule has 1 heterocycles. The molecule has 3 nitrogen and oxygen atoms in total. The predicted molar refractivity (Wildman–Crippen MR) is 111 cm³/mol. The van der Waals surface area contributed by atoms with E-state index in [0.717, 1.165) is 33.0 Å². The van der Waals surface area contributed by atoms with Gasteiger partial charge in [0.15, 0.2) is 0 Å². The zero-order chi connectivity index (χ0) is 18.2. The van der Waals surface area contributed by atoms with E-state index < -0.39 is 0 Å². The predicted octanol–water partition coefficient (Wildman–Crippen LogP) is 5.41. The van der Waals surface area contributed by atoms with Gasteiger partial charge in [-0.1, -0.05) is 72.8 Å². The Kier molecular flexibility index (Phi) is 3.58. The average molecular weight is 348 g/mol. The van der Waals surface area contributed by atoms with E-state index in [1.165, 1.54) is 5.39 Å². The lowest BCUT2D eigenvalue weighted by Gasteiger charge is -2.09. The molecule has 0 bridgehead atoms. The second-order valence-electron chi connectivity index (χ2n) is 6.58. The van der Waals surface area contributed by atoms with E-state index >= 15 is 0 Å². The third-order valence-electron chi connectivity index (χ3n) is 4.86. The van der Waals surface area contributed by atoms with Gasteiger partial charge in [0.25, 0.3) is 0 Å². The summed E-state index contributed by atoms with van der Waals surface area (Å²) in [6.07, 6.45) is 0. The summed E-state index contributed by atoms with van der Waals surface area (Å²) in [7, 11) is 0. The minimum atomic E-state index is -0.335. The first kappa shape index (κ1) is 15.5. The van der Waals surface area contributed by atoms with E-state index in [4.69, 9.17) is 0 Å². The summed E-state index contributed by atoms with van der Waals surface area (Å²) in [6, 6.07) is 30.7. The zero-order valence-electron chi connectivity index (χ0n) is 14.5. The van der Waals surface area contributed by atoms with Crippen molar-refractivity contribution in [2.75, 3.05) is 0 Å². The fourth-order valence-electron chi connectivity index (χ4n) is 3.52. The molecule has 3 heteroatoms. The summed E-state index contributed by atoms with van der Waals surface area (Å²) >= 11 is 0. The van der Waals surface area contributed by atoms with Gasteiger partial charge < -0.3 is 4.98 Å². The van der Waals surface area contributed by atoms with Crippen LogP contribution in [0.5, 0.6) is 0 Å². The molecule has 1 aromatic heterocycles. The highest BCUT2D eigenvalue weighted by molar-refractivity contribution is 5.97. The molecular weight excluding hydrogens is 332 g/mol. The third kappa shape index (κ3) is 2.79. The van der Waals surface area contributed by atoms with Gasteiger partial charge in [0.1, 0.15) is 0 Å². The van der Waals surface area contributed by atoms with Gasteiger partial charge in [-0.3, -0.25) is 0 Å². The van der Waals surface area contributed by atoms with Gasteiger partial charge in [-0.15, -0.1) is 0 Å². The Hall–Kier alpha value is -3.72. The SMILES string of the molecule is O=c1nc(-c2ccc3ccccc3c2)c2cc(-c3ccccc3)ccc2[nH]1. The number of aromatic amines is 1. The van der Waals surface area contributed by atoms with Crippen LogP contribution in [0.2, 0.25) is 0 Å². The molecule has 0 saturated heterocycles. The maximum absolute atomic E-state index is 12.1. The lowest BCUT2D eigenvalue weighted by Crippen LogP contribution is -2.11. The van der Waals surface area contributed by atoms with E-state index in [0.29, 0.717) is 5.69 Å². The van der Waals surface area contributed by atoms with E-state index in [1.54, 1.807) is 0 Å². The molecule has 0 spiro atoms. The van der Waals surface area contributed by atoms with Crippen LogP contribution in [0.4, 0.5) is 0 Å². The summed E-state index contributed by atoms with van der Waals surface area (Å²) in [5, 5.41) is 3.23. The summed E-state index contributed by atoms with van der Waals surface area (Å²) in [5.74, 6) is 0. The standard InChI is InChI=1S/C24H16N2O/c27-24-25-22-13-12-19(16-6-2-1-3-7-16)15-21(22)23(26-24)20-11-10-17-8-4-5-9-18(17)14-20/h1-15H,(H,25,26,27). The number of aromatic nitrogens is 2. The number of fused-ring (bicyclic) bond motifs is 2. The largest absolute Gasteiger partial charge is 0.345 e. The molecule has 27 heavy (non-hydrogen) atoms. The van der Waals surface area contributed by atoms with E-state index in [2.05, 4.69) is 52.4 Å². The van der Waals surface area contributed by atoms with Gasteiger partial charge in [0, 0.05) is 10.9 Å². The van der Waals surface area contributed by atoms with Crippen LogP contribution in [-0.4, -0.2) is 9.97 Å². The Morgan fingerprint density at radius 2 is 1.37 bits per heavy atom. The van der Waals surface area contributed by atoms with Crippen molar-refractivity contribution in [2.45, 2.75) is 0 Å². The average Bonchev–Trinajstić information content (AvgIpc) is 2.73. The van der Waals surface area contributed by atoms with Crippen molar-refractivity contribution in [2.24, 2.45) is 0 Å². The Balaban J connectivity index is 1.78. The fraction of sp³-hybridized carbons (Fsp3) is 0. The highest BCUT2D eigenvalue weighted by Crippen LogP contribution is 2.30. The summed E-state index contributed by atoms with van der Waals surface area (Å²) in [6.45, 7) is 0. The number of H-pyrrole nitrogens is 1. The molecule has 128 valence electrons. The lowest BCUT2D eigenvalue weighted by molar-refractivity contribution is 1.12. The Bertz CT molecular complexity index is 1340. The summed E-state index contributed by atoms with van der Waals surface area (Å²) in [4.78, 5) is 19.3. The molecular formula is C24H16N2O. The molecule has 5 aromatic rings. The molecule has 0 aliphatic rings. The normalized spacial score (nSPS) is 11.1. The van der Waals surface area contributed by atoms with Crippen LogP contribution in [0.15, 0.2) is 95.8 Å². The van der Waals surface area contributed by atoms with E-state index in [9.17, 15) is 4.79 Å². The molecule has 0 radical (unpaired) electrons. The number of nitrogens with zero attached hydrogens (tertiary/aromatic N) is 1. The quantitative estimate of drug-likeness (QED) is 0.463. The minimum absolute atomic E-state index is 0.335. The molecule has 0 aliphatic carbocycles. The molecule has 1 N–H and O–H groups in total. The van der Waals surface area contributed by atoms with Crippen molar-refractivity contribution in [3.63, 3.8) is 0 Å². The Morgan fingerprint density at radius 3 is 2.22 bits per heavy atom. The van der Waals surface area contributed by atoms with Crippen LogP contribution in [-0.2, 0) is 0 Å². The van der Waals surface area contributed by atoms with Gasteiger partial charge >= 0.3 is 5.69 Å². The highest BCUT2D eigenvalue weighted by atomic mass is 16.1. The molecule has 0 unspecified atom stereocenters. The van der Waals surface area contributed by atoms with Gasteiger partial charge in [-0.05, 0) is 40.1 Å². The topological polar surface area (TPSA) is 45.8 Å². The van der Waals surface area contributed by atoms with Gasteiger partial charge in [0.2, 0.25) is 0 Å². The molecule has 4 aromatic carbocycles.